The number of halogens is 1. The lowest BCUT2D eigenvalue weighted by atomic mass is 9.76. The van der Waals surface area contributed by atoms with E-state index in [1.807, 2.05) is 61.5 Å². The molecule has 2 fully saturated rings. The molecule has 3 aromatic carbocycles. The third-order valence-corrected chi connectivity index (χ3v) is 7.54. The lowest BCUT2D eigenvalue weighted by molar-refractivity contribution is -0.143. The van der Waals surface area contributed by atoms with Crippen LogP contribution in [-0.4, -0.2) is 28.7 Å². The number of nitrogens with zero attached hydrogens (tertiary/aromatic N) is 2. The van der Waals surface area contributed by atoms with Crippen molar-refractivity contribution in [3.05, 3.63) is 101 Å². The number of nitrogens with one attached hydrogen (secondary N) is 1. The topological polar surface area (TPSA) is 69.7 Å². The van der Waals surface area contributed by atoms with Gasteiger partial charge >= 0.3 is 0 Å². The van der Waals surface area contributed by atoms with E-state index in [9.17, 15) is 18.8 Å². The molecule has 176 valence electrons. The molecule has 6 nitrogen and oxygen atoms in total. The van der Waals surface area contributed by atoms with Gasteiger partial charge in [0.05, 0.1) is 24.9 Å². The van der Waals surface area contributed by atoms with Crippen LogP contribution in [0.25, 0.3) is 0 Å². The number of likely N-dealkylation sites (tertiary alicyclic amines) is 1. The first-order valence-corrected chi connectivity index (χ1v) is 11.7. The quantitative estimate of drug-likeness (QED) is 0.595. The Balaban J connectivity index is 1.41. The third-order valence-electron chi connectivity index (χ3n) is 7.54. The summed E-state index contributed by atoms with van der Waals surface area (Å²) in [5, 5.41) is 3.39. The van der Waals surface area contributed by atoms with Crippen LogP contribution in [-0.2, 0) is 33.0 Å². The number of amides is 3. The van der Waals surface area contributed by atoms with Crippen LogP contribution in [0.15, 0.2) is 78.9 Å². The predicted octanol–water partition coefficient (Wildman–Crippen LogP) is 3.36. The minimum absolute atomic E-state index is 0.184. The Bertz CT molecular complexity index is 1340. The molecule has 0 saturated carbocycles. The van der Waals surface area contributed by atoms with Crippen LogP contribution in [0.5, 0.6) is 0 Å². The molecule has 3 aliphatic heterocycles. The van der Waals surface area contributed by atoms with Gasteiger partial charge in [0.2, 0.25) is 11.8 Å². The fourth-order valence-electron chi connectivity index (χ4n) is 6.02. The Kier molecular flexibility index (Phi) is 4.86. The van der Waals surface area contributed by atoms with Gasteiger partial charge in [0.1, 0.15) is 11.4 Å². The highest BCUT2D eigenvalue weighted by molar-refractivity contribution is 6.16. The normalized spacial score (nSPS) is 27.1. The molecule has 0 aromatic heterocycles. The van der Waals surface area contributed by atoms with Crippen LogP contribution in [0, 0.1) is 17.7 Å². The zero-order valence-electron chi connectivity index (χ0n) is 19.1. The molecule has 2 saturated heterocycles. The number of rotatable bonds is 4. The number of hydrogen-bond acceptors (Lipinski definition) is 4. The molecule has 1 N–H and O–H groups in total. The van der Waals surface area contributed by atoms with Gasteiger partial charge in [-0.25, -0.2) is 4.39 Å². The molecule has 7 heteroatoms. The minimum atomic E-state index is -1.32. The SMILES string of the molecule is CC1NC2(C(=O)N(Cc3ccc(F)cc3)c3ccccc32)C2C(=O)N(Cc3ccccc3)C(=O)C12. The Morgan fingerprint density at radius 1 is 0.800 bits per heavy atom. The molecule has 3 amide bonds. The van der Waals surface area contributed by atoms with E-state index in [1.165, 1.54) is 17.0 Å². The summed E-state index contributed by atoms with van der Waals surface area (Å²) in [4.78, 5) is 44.4. The number of benzene rings is 3. The standard InChI is InChI=1S/C28H24FN3O3/c1-17-23-24(26(34)32(25(23)33)16-18-7-3-2-4-8-18)28(30-17)21-9-5-6-10-22(21)31(27(28)35)15-19-11-13-20(29)14-12-19/h2-14,17,23-24,30H,15-16H2,1H3. The summed E-state index contributed by atoms with van der Waals surface area (Å²) in [5.41, 5.74) is 1.71. The number of para-hydroxylation sites is 1. The highest BCUT2D eigenvalue weighted by atomic mass is 19.1. The van der Waals surface area contributed by atoms with E-state index in [0.29, 0.717) is 11.3 Å². The van der Waals surface area contributed by atoms with Gasteiger partial charge in [0, 0.05) is 17.3 Å². The van der Waals surface area contributed by atoms with Crippen LogP contribution in [0.4, 0.5) is 10.1 Å². The third kappa shape index (κ3) is 3.08. The van der Waals surface area contributed by atoms with Crippen molar-refractivity contribution < 1.29 is 18.8 Å². The second-order valence-electron chi connectivity index (χ2n) is 9.53. The Morgan fingerprint density at radius 3 is 2.17 bits per heavy atom. The van der Waals surface area contributed by atoms with Gasteiger partial charge in [-0.1, -0.05) is 60.7 Å². The predicted molar refractivity (Wildman–Crippen MR) is 127 cm³/mol. The van der Waals surface area contributed by atoms with Crippen LogP contribution >= 0.6 is 0 Å². The van der Waals surface area contributed by atoms with Crippen molar-refractivity contribution in [2.75, 3.05) is 4.90 Å². The number of carbonyl (C=O) groups is 3. The number of anilines is 1. The van der Waals surface area contributed by atoms with Gasteiger partial charge < -0.3 is 4.90 Å². The number of carbonyl (C=O) groups excluding carboxylic acids is 3. The van der Waals surface area contributed by atoms with Crippen molar-refractivity contribution in [2.24, 2.45) is 11.8 Å². The molecular formula is C28H24FN3O3. The molecule has 0 aliphatic carbocycles. The van der Waals surface area contributed by atoms with Crippen LogP contribution in [0.1, 0.15) is 23.6 Å². The van der Waals surface area contributed by atoms with E-state index in [1.54, 1.807) is 17.0 Å². The lowest BCUT2D eigenvalue weighted by Crippen LogP contribution is -2.54. The van der Waals surface area contributed by atoms with Gasteiger partial charge in [-0.2, -0.15) is 0 Å². The van der Waals surface area contributed by atoms with Crippen molar-refractivity contribution in [2.45, 2.75) is 31.6 Å². The van der Waals surface area contributed by atoms with Gasteiger partial charge in [-0.05, 0) is 36.2 Å². The fraction of sp³-hybridized carbons (Fsp3) is 0.250. The van der Waals surface area contributed by atoms with E-state index in [-0.39, 0.29) is 42.7 Å². The molecule has 3 aromatic rings. The second-order valence-corrected chi connectivity index (χ2v) is 9.53. The first-order chi connectivity index (χ1) is 16.9. The van der Waals surface area contributed by atoms with E-state index in [0.717, 1.165) is 11.1 Å². The van der Waals surface area contributed by atoms with Gasteiger partial charge in [0.15, 0.2) is 0 Å². The number of imide groups is 1. The summed E-state index contributed by atoms with van der Waals surface area (Å²) in [6, 6.07) is 22.5. The van der Waals surface area contributed by atoms with Crippen molar-refractivity contribution in [3.63, 3.8) is 0 Å². The van der Waals surface area contributed by atoms with Crippen LogP contribution < -0.4 is 10.2 Å². The number of hydrogen-bond donors (Lipinski definition) is 1. The minimum Gasteiger partial charge on any atom is -0.306 e. The maximum Gasteiger partial charge on any atom is 0.253 e. The molecule has 4 atom stereocenters. The van der Waals surface area contributed by atoms with Crippen molar-refractivity contribution in [1.82, 2.24) is 10.2 Å². The first-order valence-electron chi connectivity index (χ1n) is 11.7. The Labute approximate surface area is 202 Å². The van der Waals surface area contributed by atoms with Gasteiger partial charge in [0.25, 0.3) is 5.91 Å². The fourth-order valence-corrected chi connectivity index (χ4v) is 6.02. The zero-order chi connectivity index (χ0) is 24.3. The molecule has 0 radical (unpaired) electrons. The van der Waals surface area contributed by atoms with E-state index >= 15 is 0 Å². The molecule has 3 aliphatic rings. The Morgan fingerprint density at radius 2 is 1.43 bits per heavy atom. The average Bonchev–Trinajstić information content (AvgIpc) is 3.40. The summed E-state index contributed by atoms with van der Waals surface area (Å²) in [7, 11) is 0. The van der Waals surface area contributed by atoms with E-state index in [2.05, 4.69) is 5.32 Å². The maximum absolute atomic E-state index is 14.2. The van der Waals surface area contributed by atoms with Gasteiger partial charge in [-0.3, -0.25) is 24.6 Å². The molecular weight excluding hydrogens is 445 g/mol. The zero-order valence-corrected chi connectivity index (χ0v) is 19.1. The van der Waals surface area contributed by atoms with Gasteiger partial charge in [-0.15, -0.1) is 0 Å². The van der Waals surface area contributed by atoms with E-state index < -0.39 is 17.4 Å². The smallest absolute Gasteiger partial charge is 0.253 e. The van der Waals surface area contributed by atoms with Crippen molar-refractivity contribution in [1.29, 1.82) is 0 Å². The lowest BCUT2D eigenvalue weighted by Gasteiger charge is -2.30. The molecule has 3 heterocycles. The molecule has 6 rings (SSSR count). The molecule has 35 heavy (non-hydrogen) atoms. The molecule has 1 spiro atoms. The maximum atomic E-state index is 14.2. The first kappa shape index (κ1) is 21.7. The summed E-state index contributed by atoms with van der Waals surface area (Å²) in [5.74, 6) is -2.64. The van der Waals surface area contributed by atoms with Crippen LogP contribution in [0.2, 0.25) is 0 Å². The number of fused-ring (bicyclic) bond motifs is 4. The Hall–Kier alpha value is -3.84. The van der Waals surface area contributed by atoms with Crippen LogP contribution in [0.3, 0.4) is 0 Å². The summed E-state index contributed by atoms with van der Waals surface area (Å²) >= 11 is 0. The monoisotopic (exact) mass is 469 g/mol. The van der Waals surface area contributed by atoms with Crippen molar-refractivity contribution in [3.8, 4) is 0 Å². The highest BCUT2D eigenvalue weighted by Crippen LogP contribution is 2.54. The highest BCUT2D eigenvalue weighted by Gasteiger charge is 2.70. The summed E-state index contributed by atoms with van der Waals surface area (Å²) in [6.45, 7) is 2.28. The van der Waals surface area contributed by atoms with Crippen molar-refractivity contribution >= 4 is 23.4 Å². The molecule has 4 unspecified atom stereocenters. The second kappa shape index (κ2) is 7.85. The largest absolute Gasteiger partial charge is 0.306 e. The summed E-state index contributed by atoms with van der Waals surface area (Å²) in [6.07, 6.45) is 0. The molecule has 0 bridgehead atoms. The summed E-state index contributed by atoms with van der Waals surface area (Å²) < 4.78 is 13.5. The van der Waals surface area contributed by atoms with E-state index in [4.69, 9.17) is 0 Å². The average molecular weight is 470 g/mol.